The maximum absolute atomic E-state index is 12.5. The predicted molar refractivity (Wildman–Crippen MR) is 89.8 cm³/mol. The summed E-state index contributed by atoms with van der Waals surface area (Å²) in [6.45, 7) is 1.33. The molecular weight excluding hydrogens is 367 g/mol. The first-order chi connectivity index (χ1) is 12.2. The van der Waals surface area contributed by atoms with Gasteiger partial charge >= 0.3 is 6.18 Å². The number of ketones is 1. The van der Waals surface area contributed by atoms with E-state index in [0.29, 0.717) is 0 Å². The average Bonchev–Trinajstić information content (AvgIpc) is 2.59. The molecule has 1 N–H and O–H groups in total. The quantitative estimate of drug-likeness (QED) is 0.629. The monoisotopic (exact) mass is 379 g/mol. The van der Waals surface area contributed by atoms with E-state index >= 15 is 0 Å². The Morgan fingerprint density at radius 2 is 1.85 bits per heavy atom. The highest BCUT2D eigenvalue weighted by Crippen LogP contribution is 2.30. The zero-order valence-electron chi connectivity index (χ0n) is 13.4. The van der Waals surface area contributed by atoms with E-state index in [-0.39, 0.29) is 33.5 Å². The number of alkyl halides is 3. The third-order valence-electron chi connectivity index (χ3n) is 3.18. The number of nitrogens with one attached hydrogen (secondary N) is 1. The number of pyridine rings is 1. The van der Waals surface area contributed by atoms with Crippen molar-refractivity contribution in [3.8, 4) is 6.07 Å². The second-order valence-electron chi connectivity index (χ2n) is 5.13. The van der Waals surface area contributed by atoms with Crippen LogP contribution < -0.4 is 5.32 Å². The van der Waals surface area contributed by atoms with Crippen LogP contribution in [-0.4, -0.2) is 22.4 Å². The van der Waals surface area contributed by atoms with Crippen molar-refractivity contribution in [3.63, 3.8) is 0 Å². The number of hydrogen-bond acceptors (Lipinski definition) is 5. The van der Waals surface area contributed by atoms with Crippen LogP contribution in [0.5, 0.6) is 0 Å². The zero-order chi connectivity index (χ0) is 19.3. The second-order valence-corrected chi connectivity index (χ2v) is 6.09. The number of hydrogen-bond donors (Lipinski definition) is 1. The van der Waals surface area contributed by atoms with E-state index in [2.05, 4.69) is 10.3 Å². The maximum Gasteiger partial charge on any atom is 0.416 e. The topological polar surface area (TPSA) is 82.8 Å². The van der Waals surface area contributed by atoms with Gasteiger partial charge in [-0.2, -0.15) is 18.4 Å². The Morgan fingerprint density at radius 3 is 2.38 bits per heavy atom. The van der Waals surface area contributed by atoms with Crippen LogP contribution in [0.25, 0.3) is 0 Å². The molecule has 0 radical (unpaired) electrons. The normalized spacial score (nSPS) is 10.9. The molecule has 0 fully saturated rings. The van der Waals surface area contributed by atoms with Gasteiger partial charge in [-0.15, -0.1) is 0 Å². The highest BCUT2D eigenvalue weighted by molar-refractivity contribution is 8.00. The Morgan fingerprint density at radius 1 is 1.19 bits per heavy atom. The van der Waals surface area contributed by atoms with Crippen molar-refractivity contribution in [3.05, 3.63) is 53.2 Å². The molecule has 0 aliphatic heterocycles. The summed E-state index contributed by atoms with van der Waals surface area (Å²) in [6, 6.07) is 8.84. The molecule has 1 heterocycles. The second kappa shape index (κ2) is 8.01. The van der Waals surface area contributed by atoms with Crippen LogP contribution in [0.1, 0.15) is 28.5 Å². The molecule has 1 amide bonds. The van der Waals surface area contributed by atoms with E-state index in [1.54, 1.807) is 0 Å². The molecule has 0 saturated carbocycles. The van der Waals surface area contributed by atoms with E-state index in [4.69, 9.17) is 5.26 Å². The van der Waals surface area contributed by atoms with Gasteiger partial charge in [0.15, 0.2) is 5.78 Å². The lowest BCUT2D eigenvalue weighted by Crippen LogP contribution is -2.15. The Balaban J connectivity index is 2.02. The number of aromatic nitrogens is 1. The number of anilines is 1. The first-order valence-corrected chi connectivity index (χ1v) is 8.21. The molecule has 0 bridgehead atoms. The van der Waals surface area contributed by atoms with Crippen molar-refractivity contribution >= 4 is 29.1 Å². The fourth-order valence-electron chi connectivity index (χ4n) is 1.91. The fraction of sp³-hybridized carbons (Fsp3) is 0.176. The largest absolute Gasteiger partial charge is 0.416 e. The standard InChI is InChI=1S/C17H12F3N3O2S/c1-10(24)14-7-2-11(8-21)16(23-14)26-9-15(25)22-13-5-3-12(4-6-13)17(18,19)20/h2-7H,9H2,1H3,(H,22,25). The number of carbonyl (C=O) groups excluding carboxylic acids is 2. The van der Waals surface area contributed by atoms with Crippen LogP contribution in [-0.2, 0) is 11.0 Å². The van der Waals surface area contributed by atoms with Gasteiger partial charge in [0.05, 0.1) is 16.9 Å². The lowest BCUT2D eigenvalue weighted by molar-refractivity contribution is -0.137. The molecule has 0 aliphatic carbocycles. The van der Waals surface area contributed by atoms with E-state index in [9.17, 15) is 22.8 Å². The van der Waals surface area contributed by atoms with Crippen LogP contribution in [0.4, 0.5) is 18.9 Å². The molecule has 0 aliphatic rings. The number of nitriles is 1. The molecule has 2 aromatic rings. The molecule has 0 spiro atoms. The van der Waals surface area contributed by atoms with E-state index in [1.807, 2.05) is 6.07 Å². The number of benzene rings is 1. The van der Waals surface area contributed by atoms with Gasteiger partial charge < -0.3 is 5.32 Å². The summed E-state index contributed by atoms with van der Waals surface area (Å²) in [5.74, 6) is -0.872. The smallest absolute Gasteiger partial charge is 0.325 e. The van der Waals surface area contributed by atoms with Crippen molar-refractivity contribution in [1.82, 2.24) is 4.98 Å². The molecule has 0 unspecified atom stereocenters. The Kier molecular flexibility index (Phi) is 6.00. The van der Waals surface area contributed by atoms with Crippen molar-refractivity contribution in [2.24, 2.45) is 0 Å². The van der Waals surface area contributed by atoms with Gasteiger partial charge in [0.1, 0.15) is 16.8 Å². The summed E-state index contributed by atoms with van der Waals surface area (Å²) in [5.41, 5.74) is -0.194. The lowest BCUT2D eigenvalue weighted by Gasteiger charge is -2.09. The number of nitrogens with zero attached hydrogens (tertiary/aromatic N) is 2. The fourth-order valence-corrected chi connectivity index (χ4v) is 2.68. The summed E-state index contributed by atoms with van der Waals surface area (Å²) in [6.07, 6.45) is -4.44. The minimum atomic E-state index is -4.44. The van der Waals surface area contributed by atoms with E-state index in [0.717, 1.165) is 36.0 Å². The third kappa shape index (κ3) is 5.07. The van der Waals surface area contributed by atoms with Crippen molar-refractivity contribution in [2.45, 2.75) is 18.1 Å². The maximum atomic E-state index is 12.5. The number of carbonyl (C=O) groups is 2. The van der Waals surface area contributed by atoms with Crippen LogP contribution in [0, 0.1) is 11.3 Å². The molecule has 26 heavy (non-hydrogen) atoms. The highest BCUT2D eigenvalue weighted by Gasteiger charge is 2.29. The average molecular weight is 379 g/mol. The van der Waals surface area contributed by atoms with Crippen LogP contribution >= 0.6 is 11.8 Å². The summed E-state index contributed by atoms with van der Waals surface area (Å²) < 4.78 is 37.5. The minimum Gasteiger partial charge on any atom is -0.325 e. The number of thioether (sulfide) groups is 1. The van der Waals surface area contributed by atoms with Gasteiger partial charge in [0, 0.05) is 12.6 Å². The van der Waals surface area contributed by atoms with Gasteiger partial charge in [-0.1, -0.05) is 11.8 Å². The Bertz CT molecular complexity index is 874. The molecular formula is C17H12F3N3O2S. The number of Topliss-reactive ketones (excluding diaryl/α,β-unsaturated/α-hetero) is 1. The predicted octanol–water partition coefficient (Wildman–Crippen LogP) is 3.91. The number of amides is 1. The molecule has 9 heteroatoms. The molecule has 1 aromatic heterocycles. The highest BCUT2D eigenvalue weighted by atomic mass is 32.2. The van der Waals surface area contributed by atoms with Gasteiger partial charge in [0.25, 0.3) is 0 Å². The Labute approximate surface area is 151 Å². The van der Waals surface area contributed by atoms with Gasteiger partial charge in [-0.05, 0) is 36.4 Å². The first kappa shape index (κ1) is 19.5. The van der Waals surface area contributed by atoms with Crippen LogP contribution in [0.2, 0.25) is 0 Å². The molecule has 2 rings (SSSR count). The molecule has 0 saturated heterocycles. The van der Waals surface area contributed by atoms with Gasteiger partial charge in [-0.25, -0.2) is 4.98 Å². The first-order valence-electron chi connectivity index (χ1n) is 7.22. The third-order valence-corrected chi connectivity index (χ3v) is 4.17. The molecule has 1 aromatic carbocycles. The Hall–Kier alpha value is -2.86. The zero-order valence-corrected chi connectivity index (χ0v) is 14.2. The SMILES string of the molecule is CC(=O)c1ccc(C#N)c(SCC(=O)Nc2ccc(C(F)(F)F)cc2)n1. The van der Waals surface area contributed by atoms with Crippen LogP contribution in [0.15, 0.2) is 41.4 Å². The summed E-state index contributed by atoms with van der Waals surface area (Å²) in [5, 5.41) is 11.8. The van der Waals surface area contributed by atoms with Crippen LogP contribution in [0.3, 0.4) is 0 Å². The van der Waals surface area contributed by atoms with Gasteiger partial charge in [0.2, 0.25) is 5.91 Å². The summed E-state index contributed by atoms with van der Waals surface area (Å²) >= 11 is 0.960. The van der Waals surface area contributed by atoms with Crippen molar-refractivity contribution in [2.75, 3.05) is 11.1 Å². The number of rotatable bonds is 5. The van der Waals surface area contributed by atoms with Crippen molar-refractivity contribution < 1.29 is 22.8 Å². The molecule has 5 nitrogen and oxygen atoms in total. The molecule has 134 valence electrons. The van der Waals surface area contributed by atoms with Crippen molar-refractivity contribution in [1.29, 1.82) is 5.26 Å². The minimum absolute atomic E-state index is 0.121. The number of halogens is 3. The van der Waals surface area contributed by atoms with Gasteiger partial charge in [-0.3, -0.25) is 9.59 Å². The lowest BCUT2D eigenvalue weighted by atomic mass is 10.2. The summed E-state index contributed by atoms with van der Waals surface area (Å²) in [7, 11) is 0. The van der Waals surface area contributed by atoms with E-state index in [1.165, 1.54) is 19.1 Å². The molecule has 0 atom stereocenters. The van der Waals surface area contributed by atoms with E-state index < -0.39 is 17.6 Å². The summed E-state index contributed by atoms with van der Waals surface area (Å²) in [4.78, 5) is 27.4.